The van der Waals surface area contributed by atoms with Gasteiger partial charge >= 0.3 is 0 Å². The molecule has 0 unspecified atom stereocenters. The summed E-state index contributed by atoms with van der Waals surface area (Å²) in [4.78, 5) is 11.2. The molecule has 0 amide bonds. The van der Waals surface area contributed by atoms with Gasteiger partial charge in [-0.1, -0.05) is 35.9 Å². The van der Waals surface area contributed by atoms with Crippen LogP contribution in [0.1, 0.15) is 16.9 Å². The van der Waals surface area contributed by atoms with E-state index in [1.165, 1.54) is 11.1 Å². The maximum absolute atomic E-state index is 5.96. The third-order valence-corrected chi connectivity index (χ3v) is 6.00. The zero-order valence-electron chi connectivity index (χ0n) is 18.4. The standard InChI is InChI=1S/C25H22ClN5O2S/c1-32-23-12-22(31-14-17-4-2-3-5-18(17)15-31)28-24(29-23)30-25(34)27-13-20-10-11-21(33-20)16-6-8-19(26)9-7-16/h2-12H,13-15H2,1H3,(H2,27,28,29,30,34). The number of fused-ring (bicyclic) bond motifs is 1. The van der Waals surface area contributed by atoms with Crippen molar-refractivity contribution in [1.82, 2.24) is 15.3 Å². The number of halogens is 1. The van der Waals surface area contributed by atoms with Gasteiger partial charge < -0.3 is 24.7 Å². The Labute approximate surface area is 207 Å². The minimum absolute atomic E-state index is 0.365. The lowest BCUT2D eigenvalue weighted by Crippen LogP contribution is -2.29. The smallest absolute Gasteiger partial charge is 0.234 e. The van der Waals surface area contributed by atoms with E-state index in [1.54, 1.807) is 7.11 Å². The first-order valence-corrected chi connectivity index (χ1v) is 11.5. The Kier molecular flexibility index (Phi) is 6.33. The number of methoxy groups -OCH3 is 1. The van der Waals surface area contributed by atoms with Gasteiger partial charge in [0.2, 0.25) is 11.8 Å². The lowest BCUT2D eigenvalue weighted by molar-refractivity contribution is 0.397. The van der Waals surface area contributed by atoms with E-state index in [4.69, 9.17) is 33.0 Å². The van der Waals surface area contributed by atoms with Crippen LogP contribution >= 0.6 is 23.8 Å². The van der Waals surface area contributed by atoms with E-state index < -0.39 is 0 Å². The Bertz CT molecular complexity index is 1300. The summed E-state index contributed by atoms with van der Waals surface area (Å²) in [6, 6.07) is 21.5. The fraction of sp³-hybridized carbons (Fsp3) is 0.160. The van der Waals surface area contributed by atoms with E-state index >= 15 is 0 Å². The molecule has 172 valence electrons. The van der Waals surface area contributed by atoms with Crippen LogP contribution in [-0.2, 0) is 19.6 Å². The summed E-state index contributed by atoms with van der Waals surface area (Å²) in [5.41, 5.74) is 3.55. The molecule has 0 radical (unpaired) electrons. The van der Waals surface area contributed by atoms with Gasteiger partial charge in [-0.05, 0) is 59.7 Å². The number of hydrogen-bond acceptors (Lipinski definition) is 6. The number of hydrogen-bond donors (Lipinski definition) is 2. The van der Waals surface area contributed by atoms with Crippen molar-refractivity contribution in [3.8, 4) is 17.2 Å². The van der Waals surface area contributed by atoms with E-state index in [2.05, 4.69) is 49.8 Å². The van der Waals surface area contributed by atoms with E-state index in [0.717, 1.165) is 36.0 Å². The van der Waals surface area contributed by atoms with Gasteiger partial charge in [0, 0.05) is 29.7 Å². The van der Waals surface area contributed by atoms with Crippen LogP contribution in [0.2, 0.25) is 5.02 Å². The highest BCUT2D eigenvalue weighted by Gasteiger charge is 2.21. The van der Waals surface area contributed by atoms with Crippen LogP contribution in [0, 0.1) is 0 Å². The highest BCUT2D eigenvalue weighted by atomic mass is 35.5. The number of anilines is 2. The molecule has 1 aliphatic rings. The molecule has 2 N–H and O–H groups in total. The first kappa shape index (κ1) is 22.2. The SMILES string of the molecule is COc1cc(N2Cc3ccccc3C2)nc(NC(=S)NCc2ccc(-c3ccc(Cl)cc3)o2)n1. The quantitative estimate of drug-likeness (QED) is 0.347. The molecule has 0 aliphatic carbocycles. The second kappa shape index (κ2) is 9.70. The van der Waals surface area contributed by atoms with Crippen molar-refractivity contribution in [2.45, 2.75) is 19.6 Å². The van der Waals surface area contributed by atoms with Crippen molar-refractivity contribution in [1.29, 1.82) is 0 Å². The number of ether oxygens (including phenoxy) is 1. The summed E-state index contributed by atoms with van der Waals surface area (Å²) in [7, 11) is 1.58. The number of benzene rings is 2. The fourth-order valence-electron chi connectivity index (χ4n) is 3.79. The van der Waals surface area contributed by atoms with Crippen LogP contribution in [0.4, 0.5) is 11.8 Å². The Morgan fingerprint density at radius 2 is 1.79 bits per heavy atom. The molecule has 0 bridgehead atoms. The van der Waals surface area contributed by atoms with E-state index in [9.17, 15) is 0 Å². The summed E-state index contributed by atoms with van der Waals surface area (Å²) in [5.74, 6) is 3.11. The predicted octanol–water partition coefficient (Wildman–Crippen LogP) is 5.41. The molecular weight excluding hydrogens is 470 g/mol. The van der Waals surface area contributed by atoms with Crippen LogP contribution in [0.3, 0.4) is 0 Å². The normalized spacial score (nSPS) is 12.4. The summed E-state index contributed by atoms with van der Waals surface area (Å²) in [6.07, 6.45) is 0. The monoisotopic (exact) mass is 491 g/mol. The molecule has 2 aromatic carbocycles. The van der Waals surface area contributed by atoms with Gasteiger partial charge in [-0.15, -0.1) is 0 Å². The third kappa shape index (κ3) is 4.98. The minimum atomic E-state index is 0.365. The highest BCUT2D eigenvalue weighted by molar-refractivity contribution is 7.80. The third-order valence-electron chi connectivity index (χ3n) is 5.50. The second-order valence-electron chi connectivity index (χ2n) is 7.80. The van der Waals surface area contributed by atoms with Crippen molar-refractivity contribution < 1.29 is 9.15 Å². The molecule has 9 heteroatoms. The van der Waals surface area contributed by atoms with Crippen molar-refractivity contribution in [2.75, 3.05) is 17.3 Å². The summed E-state index contributed by atoms with van der Waals surface area (Å²) in [6.45, 7) is 1.98. The van der Waals surface area contributed by atoms with Crippen molar-refractivity contribution >= 4 is 40.7 Å². The molecule has 7 nitrogen and oxygen atoms in total. The minimum Gasteiger partial charge on any atom is -0.481 e. The van der Waals surface area contributed by atoms with Gasteiger partial charge in [0.1, 0.15) is 17.3 Å². The highest BCUT2D eigenvalue weighted by Crippen LogP contribution is 2.29. The van der Waals surface area contributed by atoms with Crippen molar-refractivity contribution in [2.24, 2.45) is 0 Å². The Hall–Kier alpha value is -3.62. The topological polar surface area (TPSA) is 75.5 Å². The fourth-order valence-corrected chi connectivity index (χ4v) is 4.08. The molecule has 34 heavy (non-hydrogen) atoms. The second-order valence-corrected chi connectivity index (χ2v) is 8.64. The molecule has 0 saturated heterocycles. The largest absolute Gasteiger partial charge is 0.481 e. The summed E-state index contributed by atoms with van der Waals surface area (Å²) in [5, 5.41) is 7.25. The molecule has 0 spiro atoms. The van der Waals surface area contributed by atoms with E-state index in [-0.39, 0.29) is 0 Å². The van der Waals surface area contributed by atoms with Gasteiger partial charge in [-0.3, -0.25) is 0 Å². The Balaban J connectivity index is 1.23. The molecule has 2 aromatic heterocycles. The van der Waals surface area contributed by atoms with Crippen LogP contribution in [0.15, 0.2) is 71.1 Å². The van der Waals surface area contributed by atoms with E-state index in [0.29, 0.717) is 28.5 Å². The molecule has 0 saturated carbocycles. The van der Waals surface area contributed by atoms with Crippen molar-refractivity contribution in [3.63, 3.8) is 0 Å². The molecular formula is C25H22ClN5O2S. The Morgan fingerprint density at radius 1 is 1.06 bits per heavy atom. The van der Waals surface area contributed by atoms with Gasteiger partial charge in [-0.25, -0.2) is 0 Å². The van der Waals surface area contributed by atoms with Crippen LogP contribution in [0.25, 0.3) is 11.3 Å². The average Bonchev–Trinajstić information content (AvgIpc) is 3.50. The number of aromatic nitrogens is 2. The number of nitrogens with one attached hydrogen (secondary N) is 2. The van der Waals surface area contributed by atoms with Gasteiger partial charge in [-0.2, -0.15) is 9.97 Å². The Morgan fingerprint density at radius 3 is 2.50 bits per heavy atom. The predicted molar refractivity (Wildman–Crippen MR) is 137 cm³/mol. The number of furan rings is 1. The number of thiocarbonyl (C=S) groups is 1. The molecule has 1 aliphatic heterocycles. The van der Waals surface area contributed by atoms with Crippen LogP contribution < -0.4 is 20.3 Å². The number of nitrogens with zero attached hydrogens (tertiary/aromatic N) is 3. The summed E-state index contributed by atoms with van der Waals surface area (Å²) < 4.78 is 11.3. The number of rotatable bonds is 6. The molecule has 5 rings (SSSR count). The van der Waals surface area contributed by atoms with Crippen molar-refractivity contribution in [3.05, 3.63) is 88.6 Å². The van der Waals surface area contributed by atoms with Gasteiger partial charge in [0.15, 0.2) is 5.11 Å². The molecule has 0 atom stereocenters. The first-order valence-electron chi connectivity index (χ1n) is 10.7. The lowest BCUT2D eigenvalue weighted by atomic mass is 10.1. The zero-order chi connectivity index (χ0) is 23.5. The molecule has 0 fully saturated rings. The molecule has 4 aromatic rings. The summed E-state index contributed by atoms with van der Waals surface area (Å²) >= 11 is 11.4. The van der Waals surface area contributed by atoms with Gasteiger partial charge in [0.25, 0.3) is 0 Å². The van der Waals surface area contributed by atoms with E-state index in [1.807, 2.05) is 42.5 Å². The maximum atomic E-state index is 5.96. The van der Waals surface area contributed by atoms with Gasteiger partial charge in [0.05, 0.1) is 13.7 Å². The van der Waals surface area contributed by atoms with Crippen LogP contribution in [-0.4, -0.2) is 22.2 Å². The lowest BCUT2D eigenvalue weighted by Gasteiger charge is -2.18. The zero-order valence-corrected chi connectivity index (χ0v) is 20.0. The first-order chi connectivity index (χ1) is 16.6. The maximum Gasteiger partial charge on any atom is 0.234 e. The molecule has 3 heterocycles. The van der Waals surface area contributed by atoms with Crippen LogP contribution in [0.5, 0.6) is 5.88 Å². The average molecular weight is 492 g/mol.